The van der Waals surface area contributed by atoms with Crippen LogP contribution < -0.4 is 9.50 Å². The Kier molecular flexibility index (Phi) is 6.80. The van der Waals surface area contributed by atoms with Gasteiger partial charge in [-0.1, -0.05) is 61.8 Å². The first kappa shape index (κ1) is 27.3. The molecule has 6 nitrogen and oxygen atoms in total. The van der Waals surface area contributed by atoms with E-state index in [-0.39, 0.29) is 33.0 Å². The van der Waals surface area contributed by atoms with Gasteiger partial charge in [-0.2, -0.15) is 8.42 Å². The van der Waals surface area contributed by atoms with E-state index in [0.29, 0.717) is 51.3 Å². The van der Waals surface area contributed by atoms with Crippen LogP contribution in [0.25, 0.3) is 0 Å². The van der Waals surface area contributed by atoms with Gasteiger partial charge >= 0.3 is 10.1 Å². The normalized spacial score (nSPS) is 21.1. The minimum Gasteiger partial charge on any atom is -0.377 e. The molecular formula is C29H29Br2NO5S. The molecule has 0 unspecified atom stereocenters. The number of hydrogen-bond donors (Lipinski definition) is 1. The Bertz CT molecular complexity index is 1490. The number of allylic oxidation sites excluding steroid dienone is 4. The zero-order valence-corrected chi connectivity index (χ0v) is 25.6. The molecule has 0 atom stereocenters. The van der Waals surface area contributed by atoms with E-state index in [2.05, 4.69) is 64.9 Å². The summed E-state index contributed by atoms with van der Waals surface area (Å²) in [6.45, 7) is 8.23. The smallest absolute Gasteiger partial charge is 0.339 e. The molecule has 2 aliphatic carbocycles. The topological polar surface area (TPSA) is 89.5 Å². The summed E-state index contributed by atoms with van der Waals surface area (Å²) in [5, 5.41) is 3.49. The molecule has 1 aliphatic heterocycles. The molecular weight excluding hydrogens is 634 g/mol. The van der Waals surface area contributed by atoms with Crippen LogP contribution in [0.2, 0.25) is 0 Å². The Labute approximate surface area is 240 Å². The van der Waals surface area contributed by atoms with Crippen molar-refractivity contribution in [2.24, 2.45) is 10.8 Å². The monoisotopic (exact) mass is 661 g/mol. The zero-order chi connectivity index (χ0) is 27.6. The molecule has 1 N–H and O–H groups in total. The van der Waals surface area contributed by atoms with Gasteiger partial charge in [0.15, 0.2) is 17.3 Å². The van der Waals surface area contributed by atoms with E-state index in [4.69, 9.17) is 4.18 Å². The first-order valence-electron chi connectivity index (χ1n) is 12.5. The third kappa shape index (κ3) is 5.05. The number of dihydropyridines is 1. The third-order valence-corrected chi connectivity index (χ3v) is 9.57. The summed E-state index contributed by atoms with van der Waals surface area (Å²) >= 11 is 7.02. The summed E-state index contributed by atoms with van der Waals surface area (Å²) < 4.78 is 33.5. The molecule has 0 bridgehead atoms. The van der Waals surface area contributed by atoms with Crippen molar-refractivity contribution in [1.29, 1.82) is 0 Å². The van der Waals surface area contributed by atoms with E-state index in [0.717, 1.165) is 11.4 Å². The molecule has 0 spiro atoms. The Balaban J connectivity index is 1.75. The van der Waals surface area contributed by atoms with Gasteiger partial charge in [0, 0.05) is 51.3 Å². The van der Waals surface area contributed by atoms with E-state index in [1.807, 2.05) is 0 Å². The second kappa shape index (κ2) is 9.45. The van der Waals surface area contributed by atoms with Crippen LogP contribution in [0, 0.1) is 10.8 Å². The highest BCUT2D eigenvalue weighted by Crippen LogP contribution is 2.53. The van der Waals surface area contributed by atoms with Gasteiger partial charge in [-0.25, -0.2) is 0 Å². The Morgan fingerprint density at radius 2 is 1.37 bits per heavy atom. The molecule has 0 saturated carbocycles. The van der Waals surface area contributed by atoms with Gasteiger partial charge in [-0.05, 0) is 63.9 Å². The number of nitrogens with one attached hydrogen (secondary N) is 1. The van der Waals surface area contributed by atoms with Crippen molar-refractivity contribution in [3.63, 3.8) is 0 Å². The van der Waals surface area contributed by atoms with Gasteiger partial charge in [0.1, 0.15) is 4.90 Å². The lowest BCUT2D eigenvalue weighted by molar-refractivity contribution is -0.119. The van der Waals surface area contributed by atoms with Crippen LogP contribution in [-0.4, -0.2) is 20.0 Å². The van der Waals surface area contributed by atoms with E-state index >= 15 is 0 Å². The summed E-state index contributed by atoms with van der Waals surface area (Å²) in [6.07, 6.45) is 1.95. The first-order valence-corrected chi connectivity index (χ1v) is 15.4. The average molecular weight is 663 g/mol. The maximum absolute atomic E-state index is 13.7. The second-order valence-electron chi connectivity index (χ2n) is 11.9. The first-order chi connectivity index (χ1) is 17.7. The van der Waals surface area contributed by atoms with Gasteiger partial charge in [0.25, 0.3) is 0 Å². The van der Waals surface area contributed by atoms with Gasteiger partial charge in [0.05, 0.1) is 4.47 Å². The second-order valence-corrected chi connectivity index (χ2v) is 15.2. The molecule has 1 heterocycles. The largest absolute Gasteiger partial charge is 0.377 e. The summed E-state index contributed by atoms with van der Waals surface area (Å²) in [4.78, 5) is 27.4. The number of halogens is 2. The third-order valence-electron chi connectivity index (χ3n) is 7.29. The predicted octanol–water partition coefficient (Wildman–Crippen LogP) is 6.95. The molecule has 2 aromatic rings. The van der Waals surface area contributed by atoms with Crippen molar-refractivity contribution in [3.8, 4) is 5.75 Å². The summed E-state index contributed by atoms with van der Waals surface area (Å²) in [6, 6.07) is 11.4. The highest BCUT2D eigenvalue weighted by molar-refractivity contribution is 9.11. The van der Waals surface area contributed by atoms with Crippen LogP contribution in [-0.2, 0) is 19.7 Å². The van der Waals surface area contributed by atoms with Crippen LogP contribution in [0.3, 0.4) is 0 Å². The van der Waals surface area contributed by atoms with E-state index < -0.39 is 16.0 Å². The molecule has 9 heteroatoms. The Morgan fingerprint density at radius 3 is 1.89 bits per heavy atom. The minimum atomic E-state index is -4.20. The van der Waals surface area contributed by atoms with Gasteiger partial charge in [0.2, 0.25) is 0 Å². The standard InChI is InChI=1S/C29H29Br2NO5S/c1-28(2)12-20-25(22(33)14-28)24(26-21(32-20)13-29(3,4)15-23(26)34)18-10-16(30)11-19(31)27(18)37-38(35,36)17-8-6-5-7-9-17/h5-11,24,32H,12-15H2,1-4H3. The zero-order valence-electron chi connectivity index (χ0n) is 21.7. The summed E-state index contributed by atoms with van der Waals surface area (Å²) in [5.41, 5.74) is 2.60. The van der Waals surface area contributed by atoms with Crippen LogP contribution in [0.5, 0.6) is 5.75 Å². The molecule has 0 fully saturated rings. The van der Waals surface area contributed by atoms with E-state index in [9.17, 15) is 18.0 Å². The number of Topliss-reactive ketones (excluding diaryl/α,β-unsaturated/α-hetero) is 2. The van der Waals surface area contributed by atoms with Crippen molar-refractivity contribution in [2.75, 3.05) is 0 Å². The molecule has 38 heavy (non-hydrogen) atoms. The van der Waals surface area contributed by atoms with Crippen molar-refractivity contribution >= 4 is 53.5 Å². The fraction of sp³-hybridized carbons (Fsp3) is 0.379. The maximum atomic E-state index is 13.7. The molecule has 200 valence electrons. The quantitative estimate of drug-likeness (QED) is 0.357. The average Bonchev–Trinajstić information content (AvgIpc) is 2.78. The summed E-state index contributed by atoms with van der Waals surface area (Å²) in [5.74, 6) is -0.780. The summed E-state index contributed by atoms with van der Waals surface area (Å²) in [7, 11) is -4.20. The van der Waals surface area contributed by atoms with Crippen molar-refractivity contribution < 1.29 is 22.2 Å². The number of carbonyl (C=O) groups excluding carboxylic acids is 2. The van der Waals surface area contributed by atoms with Gasteiger partial charge < -0.3 is 9.50 Å². The van der Waals surface area contributed by atoms with Crippen molar-refractivity contribution in [1.82, 2.24) is 5.32 Å². The number of benzene rings is 2. The Morgan fingerprint density at radius 1 is 0.842 bits per heavy atom. The maximum Gasteiger partial charge on any atom is 0.339 e. The predicted molar refractivity (Wildman–Crippen MR) is 152 cm³/mol. The molecule has 0 aromatic heterocycles. The van der Waals surface area contributed by atoms with Crippen LogP contribution in [0.15, 0.2) is 78.8 Å². The van der Waals surface area contributed by atoms with Crippen LogP contribution in [0.1, 0.15) is 64.9 Å². The van der Waals surface area contributed by atoms with E-state index in [1.165, 1.54) is 12.1 Å². The number of hydrogen-bond acceptors (Lipinski definition) is 6. The molecule has 5 rings (SSSR count). The molecule has 0 radical (unpaired) electrons. The van der Waals surface area contributed by atoms with Gasteiger partial charge in [-0.3, -0.25) is 9.59 Å². The van der Waals surface area contributed by atoms with Crippen molar-refractivity contribution in [2.45, 2.75) is 64.2 Å². The molecule has 0 saturated heterocycles. The SMILES string of the molecule is CC1(C)CC(=O)C2=C(C1)NC1=C(C(=O)CC(C)(C)C1)C2c1cc(Br)cc(Br)c1OS(=O)(=O)c1ccccc1. The Hall–Kier alpha value is -2.23. The van der Waals surface area contributed by atoms with Gasteiger partial charge in [-0.15, -0.1) is 0 Å². The lowest BCUT2D eigenvalue weighted by atomic mass is 9.64. The minimum absolute atomic E-state index is 0.0110. The number of carbonyl (C=O) groups is 2. The molecule has 0 amide bonds. The van der Waals surface area contributed by atoms with Crippen LogP contribution in [0.4, 0.5) is 0 Å². The highest BCUT2D eigenvalue weighted by Gasteiger charge is 2.47. The number of ketones is 2. The highest BCUT2D eigenvalue weighted by atomic mass is 79.9. The number of rotatable bonds is 4. The fourth-order valence-corrected chi connectivity index (χ4v) is 8.27. The molecule has 3 aliphatic rings. The molecule has 2 aromatic carbocycles. The lowest BCUT2D eigenvalue weighted by Crippen LogP contribution is -2.42. The van der Waals surface area contributed by atoms with E-state index in [1.54, 1.807) is 30.3 Å². The van der Waals surface area contributed by atoms with Crippen molar-refractivity contribution in [3.05, 3.63) is 79.5 Å². The fourth-order valence-electron chi connectivity index (χ4n) is 5.83. The van der Waals surface area contributed by atoms with Crippen LogP contribution >= 0.6 is 31.9 Å². The lowest BCUT2D eigenvalue weighted by Gasteiger charge is -2.44.